The van der Waals surface area contributed by atoms with Crippen molar-refractivity contribution in [3.8, 4) is 0 Å². The van der Waals surface area contributed by atoms with E-state index in [-0.39, 0.29) is 7.92 Å². The molecule has 0 aliphatic carbocycles. The number of benzene rings is 2. The van der Waals surface area contributed by atoms with Crippen molar-refractivity contribution in [3.05, 3.63) is 36.4 Å². The third kappa shape index (κ3) is 1.83. The van der Waals surface area contributed by atoms with Gasteiger partial charge in [0.1, 0.15) is 0 Å². The van der Waals surface area contributed by atoms with Gasteiger partial charge in [-0.25, -0.2) is 0 Å². The molecule has 0 heterocycles. The molecule has 69 valence electrons. The first-order chi connectivity index (χ1) is 6.70. The topological polar surface area (TPSA) is 0 Å². The molecule has 0 aromatic heterocycles. The molecule has 0 saturated heterocycles. The Balaban J connectivity index is 2.84. The zero-order valence-electron chi connectivity index (χ0n) is 8.41. The summed E-state index contributed by atoms with van der Waals surface area (Å²) in [5, 5.41) is 4.45. The predicted octanol–water partition coefficient (Wildman–Crippen LogP) is 2.00. The van der Waals surface area contributed by atoms with Crippen molar-refractivity contribution >= 4 is 50.1 Å². The first-order valence-electron chi connectivity index (χ1n) is 4.61. The van der Waals surface area contributed by atoms with Crippen LogP contribution in [0.3, 0.4) is 0 Å². The van der Waals surface area contributed by atoms with E-state index in [1.54, 1.807) is 5.30 Å². The monoisotopic (exact) mass is 307 g/mol. The van der Waals surface area contributed by atoms with Gasteiger partial charge in [-0.3, -0.25) is 0 Å². The SMILES string of the molecule is CP(C)c1cccc2ccc[c]([Sn])c12. The fraction of sp³-hybridized carbons (Fsp3) is 0.167. The second kappa shape index (κ2) is 4.20. The first kappa shape index (κ1) is 10.4. The Bertz CT molecular complexity index is 458. The van der Waals surface area contributed by atoms with Crippen molar-refractivity contribution in [2.24, 2.45) is 0 Å². The summed E-state index contributed by atoms with van der Waals surface area (Å²) >= 11 is 1.51. The molecule has 0 atom stereocenters. The van der Waals surface area contributed by atoms with Crippen LogP contribution in [0.25, 0.3) is 10.8 Å². The Labute approximate surface area is 99.6 Å². The second-order valence-corrected chi connectivity index (χ2v) is 7.38. The van der Waals surface area contributed by atoms with Gasteiger partial charge >= 0.3 is 99.8 Å². The van der Waals surface area contributed by atoms with E-state index in [1.165, 1.54) is 36.9 Å². The van der Waals surface area contributed by atoms with Crippen LogP contribution in [-0.4, -0.2) is 35.9 Å². The van der Waals surface area contributed by atoms with Gasteiger partial charge in [-0.15, -0.1) is 0 Å². The van der Waals surface area contributed by atoms with Crippen LogP contribution in [0.2, 0.25) is 0 Å². The molecular formula is C12H12PSn. The van der Waals surface area contributed by atoms with Crippen LogP contribution < -0.4 is 8.88 Å². The fourth-order valence-corrected chi connectivity index (χ4v) is 4.15. The minimum absolute atomic E-state index is 0.00283. The summed E-state index contributed by atoms with van der Waals surface area (Å²) in [6.45, 7) is 4.65. The second-order valence-electron chi connectivity index (χ2n) is 3.58. The van der Waals surface area contributed by atoms with E-state index in [2.05, 4.69) is 49.7 Å². The molecular weight excluding hydrogens is 294 g/mol. The maximum absolute atomic E-state index is 2.33. The summed E-state index contributed by atoms with van der Waals surface area (Å²) in [5.74, 6) is 0. The molecule has 2 aromatic rings. The normalized spacial score (nSPS) is 11.1. The summed E-state index contributed by atoms with van der Waals surface area (Å²) in [6.07, 6.45) is 0. The van der Waals surface area contributed by atoms with Crippen LogP contribution in [0.5, 0.6) is 0 Å². The summed E-state index contributed by atoms with van der Waals surface area (Å²) < 4.78 is 1.49. The van der Waals surface area contributed by atoms with Gasteiger partial charge in [0.25, 0.3) is 0 Å². The van der Waals surface area contributed by atoms with Gasteiger partial charge < -0.3 is 0 Å². The summed E-state index contributed by atoms with van der Waals surface area (Å²) in [4.78, 5) is 0. The molecule has 0 aliphatic rings. The van der Waals surface area contributed by atoms with Crippen molar-refractivity contribution in [1.29, 1.82) is 0 Å². The first-order valence-corrected chi connectivity index (χ1v) is 8.27. The van der Waals surface area contributed by atoms with Gasteiger partial charge in [0.05, 0.1) is 0 Å². The molecule has 0 spiro atoms. The zero-order valence-corrected chi connectivity index (χ0v) is 12.2. The molecule has 2 rings (SSSR count). The molecule has 2 aromatic carbocycles. The Morgan fingerprint density at radius 1 is 1.00 bits per heavy atom. The number of hydrogen-bond acceptors (Lipinski definition) is 0. The van der Waals surface area contributed by atoms with Gasteiger partial charge in [0, 0.05) is 0 Å². The molecule has 0 bridgehead atoms. The predicted molar refractivity (Wildman–Crippen MR) is 67.7 cm³/mol. The Morgan fingerprint density at radius 2 is 1.64 bits per heavy atom. The van der Waals surface area contributed by atoms with Gasteiger partial charge in [-0.2, -0.15) is 0 Å². The molecule has 0 unspecified atom stereocenters. The molecule has 0 aliphatic heterocycles. The van der Waals surface area contributed by atoms with Gasteiger partial charge in [-0.1, -0.05) is 0 Å². The van der Waals surface area contributed by atoms with Crippen molar-refractivity contribution < 1.29 is 0 Å². The summed E-state index contributed by atoms with van der Waals surface area (Å²) in [6, 6.07) is 13.3. The average molecular weight is 306 g/mol. The van der Waals surface area contributed by atoms with E-state index in [0.717, 1.165) is 0 Å². The number of hydrogen-bond donors (Lipinski definition) is 0. The van der Waals surface area contributed by atoms with E-state index in [1.807, 2.05) is 0 Å². The van der Waals surface area contributed by atoms with Crippen LogP contribution in [0.15, 0.2) is 36.4 Å². The van der Waals surface area contributed by atoms with Crippen LogP contribution in [-0.2, 0) is 0 Å². The molecule has 2 heteroatoms. The minimum atomic E-state index is 0.00283. The van der Waals surface area contributed by atoms with Crippen molar-refractivity contribution in [1.82, 2.24) is 0 Å². The van der Waals surface area contributed by atoms with Crippen molar-refractivity contribution in [2.45, 2.75) is 0 Å². The van der Waals surface area contributed by atoms with Crippen molar-refractivity contribution in [2.75, 3.05) is 13.3 Å². The van der Waals surface area contributed by atoms with E-state index in [0.29, 0.717) is 0 Å². The molecule has 0 N–H and O–H groups in total. The molecule has 0 amide bonds. The summed E-state index contributed by atoms with van der Waals surface area (Å²) in [5.41, 5.74) is 0. The molecule has 3 radical (unpaired) electrons. The average Bonchev–Trinajstić information content (AvgIpc) is 2.17. The quantitative estimate of drug-likeness (QED) is 0.558. The van der Waals surface area contributed by atoms with Crippen LogP contribution in [0, 0.1) is 0 Å². The maximum atomic E-state index is 2.33. The third-order valence-corrected chi connectivity index (χ3v) is 4.89. The van der Waals surface area contributed by atoms with Crippen LogP contribution in [0.4, 0.5) is 0 Å². The number of rotatable bonds is 1. The molecule has 14 heavy (non-hydrogen) atoms. The van der Waals surface area contributed by atoms with E-state index in [4.69, 9.17) is 0 Å². The Hall–Kier alpha value is -0.0713. The van der Waals surface area contributed by atoms with E-state index < -0.39 is 0 Å². The van der Waals surface area contributed by atoms with Crippen LogP contribution >= 0.6 is 7.92 Å². The van der Waals surface area contributed by atoms with Gasteiger partial charge in [0.2, 0.25) is 0 Å². The van der Waals surface area contributed by atoms with E-state index in [9.17, 15) is 0 Å². The van der Waals surface area contributed by atoms with Crippen molar-refractivity contribution in [3.63, 3.8) is 0 Å². The van der Waals surface area contributed by atoms with Gasteiger partial charge in [-0.05, 0) is 0 Å². The Morgan fingerprint density at radius 3 is 2.29 bits per heavy atom. The molecule has 0 saturated carbocycles. The molecule has 0 fully saturated rings. The fourth-order valence-electron chi connectivity index (χ4n) is 1.69. The molecule has 0 nitrogen and oxygen atoms in total. The van der Waals surface area contributed by atoms with E-state index >= 15 is 0 Å². The summed E-state index contributed by atoms with van der Waals surface area (Å²) in [7, 11) is 0.00283. The van der Waals surface area contributed by atoms with Gasteiger partial charge in [0.15, 0.2) is 0 Å². The Kier molecular flexibility index (Phi) is 3.13. The van der Waals surface area contributed by atoms with Crippen LogP contribution in [0.1, 0.15) is 0 Å². The third-order valence-electron chi connectivity index (χ3n) is 2.36. The standard InChI is InChI=1S/C12H12P.Sn/c1-13(2)12-9-5-7-10-6-3-4-8-11(10)12;/h3-7,9H,1-2H3;. The number of fused-ring (bicyclic) bond motifs is 1. The zero-order chi connectivity index (χ0) is 10.1.